The van der Waals surface area contributed by atoms with Crippen molar-refractivity contribution < 1.29 is 9.13 Å². The highest BCUT2D eigenvalue weighted by atomic mass is 35.5. The third kappa shape index (κ3) is 2.94. The van der Waals surface area contributed by atoms with Crippen molar-refractivity contribution >= 4 is 23.2 Å². The first-order valence-corrected chi connectivity index (χ1v) is 7.99. The monoisotopic (exact) mass is 339 g/mol. The van der Waals surface area contributed by atoms with Crippen LogP contribution in [0.4, 0.5) is 4.39 Å². The number of halogens is 3. The molecule has 0 saturated carbocycles. The minimum atomic E-state index is -0.320. The molecule has 3 rings (SSSR count). The van der Waals surface area contributed by atoms with Gasteiger partial charge in [0.1, 0.15) is 17.7 Å². The zero-order valence-corrected chi connectivity index (χ0v) is 13.4. The molecule has 116 valence electrons. The van der Waals surface area contributed by atoms with E-state index in [1.165, 1.54) is 12.1 Å². The van der Waals surface area contributed by atoms with Crippen molar-refractivity contribution in [2.45, 2.75) is 25.4 Å². The molecule has 0 bridgehead atoms. The molecule has 0 fully saturated rings. The average molecular weight is 340 g/mol. The van der Waals surface area contributed by atoms with E-state index in [2.05, 4.69) is 0 Å². The highest BCUT2D eigenvalue weighted by Crippen LogP contribution is 2.43. The maximum atomic E-state index is 14.0. The molecular formula is C17H16Cl2FNO. The Morgan fingerprint density at radius 1 is 1.23 bits per heavy atom. The SMILES string of the molecule is NC[C@H]1CCCc2cc(F)cc(-c3c(Cl)cccc3Cl)c2O1. The van der Waals surface area contributed by atoms with E-state index in [0.717, 1.165) is 24.8 Å². The third-order valence-corrected chi connectivity index (χ3v) is 4.51. The van der Waals surface area contributed by atoms with Crippen LogP contribution in [0.25, 0.3) is 11.1 Å². The van der Waals surface area contributed by atoms with E-state index in [4.69, 9.17) is 33.7 Å². The molecule has 0 unspecified atom stereocenters. The van der Waals surface area contributed by atoms with Gasteiger partial charge in [0.15, 0.2) is 0 Å². The smallest absolute Gasteiger partial charge is 0.131 e. The Bertz CT molecular complexity index is 685. The predicted octanol–water partition coefficient (Wildman–Crippen LogP) is 4.84. The number of rotatable bonds is 2. The minimum Gasteiger partial charge on any atom is -0.488 e. The Morgan fingerprint density at radius 3 is 2.64 bits per heavy atom. The van der Waals surface area contributed by atoms with Gasteiger partial charge >= 0.3 is 0 Å². The molecular weight excluding hydrogens is 324 g/mol. The lowest BCUT2D eigenvalue weighted by Gasteiger charge is -2.20. The van der Waals surface area contributed by atoms with Crippen LogP contribution >= 0.6 is 23.2 Å². The zero-order chi connectivity index (χ0) is 15.7. The lowest BCUT2D eigenvalue weighted by atomic mass is 9.98. The lowest BCUT2D eigenvalue weighted by molar-refractivity contribution is 0.204. The Kier molecular flexibility index (Phi) is 4.57. The van der Waals surface area contributed by atoms with Crippen molar-refractivity contribution in [1.82, 2.24) is 0 Å². The molecule has 5 heteroatoms. The summed E-state index contributed by atoms with van der Waals surface area (Å²) < 4.78 is 20.1. The standard InChI is InChI=1S/C17H16Cl2FNO/c18-14-5-2-6-15(19)16(14)13-8-11(20)7-10-3-1-4-12(9-21)22-17(10)13/h2,5-8,12H,1,3-4,9,21H2/t12-/m1/s1. The van der Waals surface area contributed by atoms with Gasteiger partial charge in [-0.3, -0.25) is 0 Å². The van der Waals surface area contributed by atoms with E-state index in [1.54, 1.807) is 18.2 Å². The number of nitrogens with two attached hydrogens (primary N) is 1. The topological polar surface area (TPSA) is 35.2 Å². The Morgan fingerprint density at radius 2 is 1.95 bits per heavy atom. The van der Waals surface area contributed by atoms with Crippen LogP contribution in [0.3, 0.4) is 0 Å². The van der Waals surface area contributed by atoms with Gasteiger partial charge in [0.2, 0.25) is 0 Å². The summed E-state index contributed by atoms with van der Waals surface area (Å²) in [6, 6.07) is 8.16. The fourth-order valence-electron chi connectivity index (χ4n) is 2.83. The zero-order valence-electron chi connectivity index (χ0n) is 11.9. The van der Waals surface area contributed by atoms with Crippen LogP contribution in [-0.4, -0.2) is 12.6 Å². The van der Waals surface area contributed by atoms with Crippen molar-refractivity contribution in [1.29, 1.82) is 0 Å². The summed E-state index contributed by atoms with van der Waals surface area (Å²) in [5, 5.41) is 0.940. The van der Waals surface area contributed by atoms with Gasteiger partial charge in [0.25, 0.3) is 0 Å². The maximum absolute atomic E-state index is 14.0. The van der Waals surface area contributed by atoms with Crippen molar-refractivity contribution in [3.05, 3.63) is 51.8 Å². The second-order valence-corrected chi connectivity index (χ2v) is 6.22. The van der Waals surface area contributed by atoms with Crippen LogP contribution in [0, 0.1) is 5.82 Å². The first kappa shape index (κ1) is 15.6. The molecule has 2 aromatic rings. The van der Waals surface area contributed by atoms with Gasteiger partial charge in [-0.2, -0.15) is 0 Å². The number of ether oxygens (including phenoxy) is 1. The number of benzene rings is 2. The Balaban J connectivity index is 2.22. The molecule has 2 N–H and O–H groups in total. The molecule has 0 spiro atoms. The largest absolute Gasteiger partial charge is 0.488 e. The summed E-state index contributed by atoms with van der Waals surface area (Å²) in [6.07, 6.45) is 2.43. The second kappa shape index (κ2) is 6.45. The number of hydrogen-bond donors (Lipinski definition) is 1. The van der Waals surface area contributed by atoms with Gasteiger partial charge < -0.3 is 10.5 Å². The summed E-state index contributed by atoms with van der Waals surface area (Å²) in [5.41, 5.74) is 7.78. The first-order chi connectivity index (χ1) is 10.6. The van der Waals surface area contributed by atoms with Crippen molar-refractivity contribution in [2.75, 3.05) is 6.54 Å². The normalized spacial score (nSPS) is 17.5. The van der Waals surface area contributed by atoms with Crippen LogP contribution in [0.1, 0.15) is 18.4 Å². The second-order valence-electron chi connectivity index (χ2n) is 5.41. The molecule has 1 aliphatic rings. The van der Waals surface area contributed by atoms with E-state index in [9.17, 15) is 4.39 Å². The van der Waals surface area contributed by atoms with Gasteiger partial charge in [-0.05, 0) is 49.1 Å². The van der Waals surface area contributed by atoms with E-state index < -0.39 is 0 Å². The van der Waals surface area contributed by atoms with Gasteiger partial charge in [-0.25, -0.2) is 4.39 Å². The van der Waals surface area contributed by atoms with E-state index >= 15 is 0 Å². The van der Waals surface area contributed by atoms with Gasteiger partial charge in [-0.15, -0.1) is 0 Å². The summed E-state index contributed by atoms with van der Waals surface area (Å²) in [7, 11) is 0. The van der Waals surface area contributed by atoms with Crippen LogP contribution in [-0.2, 0) is 6.42 Å². The number of aryl methyl sites for hydroxylation is 1. The lowest BCUT2D eigenvalue weighted by Crippen LogP contribution is -2.26. The Labute approximate surface area is 139 Å². The van der Waals surface area contributed by atoms with Gasteiger partial charge in [0.05, 0.1) is 10.0 Å². The van der Waals surface area contributed by atoms with Crippen LogP contribution in [0.15, 0.2) is 30.3 Å². The van der Waals surface area contributed by atoms with Crippen LogP contribution in [0.5, 0.6) is 5.75 Å². The van der Waals surface area contributed by atoms with Gasteiger partial charge in [0, 0.05) is 17.7 Å². The molecule has 22 heavy (non-hydrogen) atoms. The summed E-state index contributed by atoms with van der Waals surface area (Å²) >= 11 is 12.6. The highest BCUT2D eigenvalue weighted by Gasteiger charge is 2.23. The van der Waals surface area contributed by atoms with Crippen molar-refractivity contribution in [2.24, 2.45) is 5.73 Å². The molecule has 0 aliphatic carbocycles. The van der Waals surface area contributed by atoms with E-state index in [0.29, 0.717) is 33.5 Å². The third-order valence-electron chi connectivity index (χ3n) is 3.88. The van der Waals surface area contributed by atoms with E-state index in [-0.39, 0.29) is 11.9 Å². The van der Waals surface area contributed by atoms with Crippen molar-refractivity contribution in [3.63, 3.8) is 0 Å². The molecule has 0 aromatic heterocycles. The predicted molar refractivity (Wildman–Crippen MR) is 88.3 cm³/mol. The molecule has 2 aromatic carbocycles. The molecule has 2 nitrogen and oxygen atoms in total. The summed E-state index contributed by atoms with van der Waals surface area (Å²) in [6.45, 7) is 0.423. The van der Waals surface area contributed by atoms with Crippen LogP contribution < -0.4 is 10.5 Å². The Hall–Kier alpha value is -1.29. The van der Waals surface area contributed by atoms with Crippen molar-refractivity contribution in [3.8, 4) is 16.9 Å². The molecule has 1 aliphatic heterocycles. The minimum absolute atomic E-state index is 0.0771. The van der Waals surface area contributed by atoms with Gasteiger partial charge in [-0.1, -0.05) is 29.3 Å². The number of fused-ring (bicyclic) bond motifs is 1. The average Bonchev–Trinajstić information content (AvgIpc) is 2.68. The molecule has 1 heterocycles. The first-order valence-electron chi connectivity index (χ1n) is 7.23. The van der Waals surface area contributed by atoms with E-state index in [1.807, 2.05) is 0 Å². The maximum Gasteiger partial charge on any atom is 0.131 e. The summed E-state index contributed by atoms with van der Waals surface area (Å²) in [4.78, 5) is 0. The quantitative estimate of drug-likeness (QED) is 0.849. The fourth-order valence-corrected chi connectivity index (χ4v) is 3.43. The highest BCUT2D eigenvalue weighted by molar-refractivity contribution is 6.39. The molecule has 0 amide bonds. The van der Waals surface area contributed by atoms with Crippen LogP contribution in [0.2, 0.25) is 10.0 Å². The number of hydrogen-bond acceptors (Lipinski definition) is 2. The fraction of sp³-hybridized carbons (Fsp3) is 0.294. The molecule has 1 atom stereocenters. The molecule has 0 saturated heterocycles. The molecule has 0 radical (unpaired) electrons. The summed E-state index contributed by atoms with van der Waals surface area (Å²) in [5.74, 6) is 0.323.